The number of hydrogen-bond acceptors (Lipinski definition) is 2. The monoisotopic (exact) mass is 248 g/mol. The van der Waals surface area contributed by atoms with Crippen molar-refractivity contribution in [3.8, 4) is 0 Å². The van der Waals surface area contributed by atoms with Crippen LogP contribution in [0.15, 0.2) is 18.2 Å². The number of alkyl halides is 1. The Kier molecular flexibility index (Phi) is 4.87. The Morgan fingerprint density at radius 1 is 1.33 bits per heavy atom. The van der Waals surface area contributed by atoms with Gasteiger partial charge < -0.3 is 10.2 Å². The summed E-state index contributed by atoms with van der Waals surface area (Å²) in [7, 11) is 0. The lowest BCUT2D eigenvalue weighted by molar-refractivity contribution is 0.0170. The average molecular weight is 249 g/mol. The number of rotatable bonds is 4. The fraction of sp³-hybridized carbons (Fsp3) is 0.455. The second-order valence-electron chi connectivity index (χ2n) is 3.50. The first-order valence-corrected chi connectivity index (χ1v) is 5.65. The van der Waals surface area contributed by atoms with Gasteiger partial charge >= 0.3 is 0 Å². The molecule has 0 saturated carbocycles. The van der Waals surface area contributed by atoms with Crippen LogP contribution in [0.5, 0.6) is 0 Å². The van der Waals surface area contributed by atoms with Crippen LogP contribution >= 0.6 is 23.2 Å². The van der Waals surface area contributed by atoms with Crippen molar-refractivity contribution in [3.05, 3.63) is 34.3 Å². The maximum atomic E-state index is 9.78. The molecule has 2 unspecified atom stereocenters. The molecule has 0 aliphatic heterocycles. The van der Waals surface area contributed by atoms with Crippen molar-refractivity contribution in [3.63, 3.8) is 0 Å². The van der Waals surface area contributed by atoms with Crippen molar-refractivity contribution < 1.29 is 10.2 Å². The van der Waals surface area contributed by atoms with Crippen LogP contribution in [0.25, 0.3) is 0 Å². The summed E-state index contributed by atoms with van der Waals surface area (Å²) in [5, 5.41) is 20.0. The van der Waals surface area contributed by atoms with Crippen LogP contribution in [0.1, 0.15) is 23.7 Å². The average Bonchev–Trinajstić information content (AvgIpc) is 2.21. The number of hydrogen-bond donors (Lipinski definition) is 2. The van der Waals surface area contributed by atoms with Gasteiger partial charge in [-0.05, 0) is 30.5 Å². The van der Waals surface area contributed by atoms with Crippen LogP contribution in [0.3, 0.4) is 0 Å². The summed E-state index contributed by atoms with van der Waals surface area (Å²) in [6.45, 7) is 1.85. The first kappa shape index (κ1) is 12.8. The molecule has 2 N–H and O–H groups in total. The molecule has 1 aromatic rings. The summed E-state index contributed by atoms with van der Waals surface area (Å²) >= 11 is 11.4. The summed E-state index contributed by atoms with van der Waals surface area (Å²) in [4.78, 5) is 0. The van der Waals surface area contributed by atoms with E-state index in [0.717, 1.165) is 5.56 Å². The zero-order chi connectivity index (χ0) is 11.4. The summed E-state index contributed by atoms with van der Waals surface area (Å²) < 4.78 is 0. The van der Waals surface area contributed by atoms with Crippen LogP contribution in [0.2, 0.25) is 5.02 Å². The van der Waals surface area contributed by atoms with Gasteiger partial charge in [-0.15, -0.1) is 11.6 Å². The minimum Gasteiger partial charge on any atom is -0.390 e. The Morgan fingerprint density at radius 2 is 2.00 bits per heavy atom. The Hall–Kier alpha value is -0.280. The number of benzene rings is 1. The van der Waals surface area contributed by atoms with Gasteiger partial charge in [0.2, 0.25) is 0 Å². The second-order valence-corrected chi connectivity index (χ2v) is 4.28. The second kappa shape index (κ2) is 5.71. The third-order valence-corrected chi connectivity index (χ3v) is 2.94. The lowest BCUT2D eigenvalue weighted by Gasteiger charge is -2.17. The van der Waals surface area contributed by atoms with E-state index in [1.165, 1.54) is 0 Å². The lowest BCUT2D eigenvalue weighted by Crippen LogP contribution is -2.18. The molecule has 0 bridgehead atoms. The molecule has 0 aliphatic carbocycles. The third-order valence-electron chi connectivity index (χ3n) is 2.29. The third kappa shape index (κ3) is 3.35. The fourth-order valence-corrected chi connectivity index (χ4v) is 1.68. The standard InChI is InChI=1S/C11H14Cl2O2/c1-7-6-8(2-3-9(7)13)11(15)10(14)4-5-12/h2-3,6,10-11,14-15H,4-5H2,1H3. The number of aliphatic hydroxyl groups is 2. The minimum absolute atomic E-state index is 0.324. The molecule has 1 aromatic carbocycles. The highest BCUT2D eigenvalue weighted by atomic mass is 35.5. The summed E-state index contributed by atoms with van der Waals surface area (Å²) in [5.41, 5.74) is 1.54. The number of aliphatic hydroxyl groups excluding tert-OH is 2. The lowest BCUT2D eigenvalue weighted by atomic mass is 10.0. The molecule has 0 aliphatic rings. The first-order valence-electron chi connectivity index (χ1n) is 4.74. The van der Waals surface area contributed by atoms with Crippen molar-refractivity contribution in [2.45, 2.75) is 25.6 Å². The summed E-state index contributed by atoms with van der Waals surface area (Å²) in [5.74, 6) is 0.324. The summed E-state index contributed by atoms with van der Waals surface area (Å²) in [6.07, 6.45) is -1.37. The van der Waals surface area contributed by atoms with Crippen molar-refractivity contribution in [1.29, 1.82) is 0 Å². The fourth-order valence-electron chi connectivity index (χ4n) is 1.34. The van der Waals surface area contributed by atoms with Crippen LogP contribution in [0.4, 0.5) is 0 Å². The molecule has 0 saturated heterocycles. The molecular weight excluding hydrogens is 235 g/mol. The molecule has 2 atom stereocenters. The quantitative estimate of drug-likeness (QED) is 0.805. The van der Waals surface area contributed by atoms with Gasteiger partial charge in [-0.25, -0.2) is 0 Å². The molecule has 0 radical (unpaired) electrons. The van der Waals surface area contributed by atoms with Gasteiger partial charge in [0.1, 0.15) is 6.10 Å². The summed E-state index contributed by atoms with van der Waals surface area (Å²) in [6, 6.07) is 5.19. The normalized spacial score (nSPS) is 15.0. The van der Waals surface area contributed by atoms with Gasteiger partial charge in [0, 0.05) is 10.9 Å². The van der Waals surface area contributed by atoms with E-state index in [-0.39, 0.29) is 0 Å². The van der Waals surface area contributed by atoms with Gasteiger partial charge in [-0.3, -0.25) is 0 Å². The SMILES string of the molecule is Cc1cc(C(O)C(O)CCCl)ccc1Cl. The molecular formula is C11H14Cl2O2. The molecule has 0 spiro atoms. The largest absolute Gasteiger partial charge is 0.390 e. The smallest absolute Gasteiger partial charge is 0.105 e. The van der Waals surface area contributed by atoms with Gasteiger partial charge in [-0.1, -0.05) is 23.7 Å². The van der Waals surface area contributed by atoms with Crippen molar-refractivity contribution >= 4 is 23.2 Å². The number of aryl methyl sites for hydroxylation is 1. The van der Waals surface area contributed by atoms with Gasteiger partial charge in [0.15, 0.2) is 0 Å². The minimum atomic E-state index is -0.903. The highest BCUT2D eigenvalue weighted by Gasteiger charge is 2.17. The Labute approximate surface area is 99.5 Å². The maximum absolute atomic E-state index is 9.78. The molecule has 0 aromatic heterocycles. The molecule has 0 amide bonds. The molecule has 0 heterocycles. The number of halogens is 2. The maximum Gasteiger partial charge on any atom is 0.105 e. The van der Waals surface area contributed by atoms with E-state index in [1.54, 1.807) is 18.2 Å². The highest BCUT2D eigenvalue weighted by molar-refractivity contribution is 6.31. The van der Waals surface area contributed by atoms with Crippen molar-refractivity contribution in [1.82, 2.24) is 0 Å². The van der Waals surface area contributed by atoms with E-state index < -0.39 is 12.2 Å². The van der Waals surface area contributed by atoms with E-state index in [4.69, 9.17) is 23.2 Å². The molecule has 2 nitrogen and oxygen atoms in total. The van der Waals surface area contributed by atoms with E-state index in [2.05, 4.69) is 0 Å². The molecule has 84 valence electrons. The van der Waals surface area contributed by atoms with Crippen molar-refractivity contribution in [2.24, 2.45) is 0 Å². The zero-order valence-electron chi connectivity index (χ0n) is 8.45. The van der Waals surface area contributed by atoms with Gasteiger partial charge in [0.05, 0.1) is 6.10 Å². The molecule has 15 heavy (non-hydrogen) atoms. The first-order chi connectivity index (χ1) is 7.06. The van der Waals surface area contributed by atoms with Crippen LogP contribution in [-0.4, -0.2) is 22.2 Å². The Balaban J connectivity index is 2.81. The molecule has 0 fully saturated rings. The van der Waals surface area contributed by atoms with Crippen LogP contribution < -0.4 is 0 Å². The van der Waals surface area contributed by atoms with Gasteiger partial charge in [0.25, 0.3) is 0 Å². The highest BCUT2D eigenvalue weighted by Crippen LogP contribution is 2.24. The predicted molar refractivity (Wildman–Crippen MR) is 62.5 cm³/mol. The Morgan fingerprint density at radius 3 is 2.53 bits per heavy atom. The van der Waals surface area contributed by atoms with Gasteiger partial charge in [-0.2, -0.15) is 0 Å². The van der Waals surface area contributed by atoms with Crippen LogP contribution in [-0.2, 0) is 0 Å². The zero-order valence-corrected chi connectivity index (χ0v) is 9.96. The van der Waals surface area contributed by atoms with E-state index >= 15 is 0 Å². The van der Waals surface area contributed by atoms with E-state index in [1.807, 2.05) is 6.92 Å². The van der Waals surface area contributed by atoms with Crippen LogP contribution in [0, 0.1) is 6.92 Å². The predicted octanol–water partition coefficient (Wildman–Crippen LogP) is 2.67. The van der Waals surface area contributed by atoms with Crippen molar-refractivity contribution in [2.75, 3.05) is 5.88 Å². The van der Waals surface area contributed by atoms with E-state index in [0.29, 0.717) is 22.9 Å². The topological polar surface area (TPSA) is 40.5 Å². The Bertz CT molecular complexity index is 328. The molecule has 1 rings (SSSR count). The van der Waals surface area contributed by atoms with E-state index in [9.17, 15) is 10.2 Å². The molecule has 4 heteroatoms.